The van der Waals surface area contributed by atoms with Crippen molar-refractivity contribution in [2.24, 2.45) is 4.99 Å². The summed E-state index contributed by atoms with van der Waals surface area (Å²) in [6.07, 6.45) is 1.56. The Morgan fingerprint density at radius 3 is 2.65 bits per heavy atom. The SMILES string of the molecule is COCCOC(=O)C1=C(C)N=c2s/c(=C/c3cccc(Cl)c3Cl)c(=O)n2[C@@H]1c1ccccc1OC(C)C. The molecule has 10 heteroatoms. The first-order valence-electron chi connectivity index (χ1n) is 11.6. The number of allylic oxidation sites excluding steroid dienone is 1. The van der Waals surface area contributed by atoms with Crippen LogP contribution >= 0.6 is 34.5 Å². The maximum Gasteiger partial charge on any atom is 0.338 e. The molecule has 0 unspecified atom stereocenters. The lowest BCUT2D eigenvalue weighted by atomic mass is 9.95. The number of carbonyl (C=O) groups is 1. The third-order valence-electron chi connectivity index (χ3n) is 5.61. The molecule has 7 nitrogen and oxygen atoms in total. The lowest BCUT2D eigenvalue weighted by Crippen LogP contribution is -2.40. The van der Waals surface area contributed by atoms with E-state index in [0.717, 1.165) is 0 Å². The van der Waals surface area contributed by atoms with Crippen molar-refractivity contribution in [3.05, 3.63) is 94.6 Å². The number of benzene rings is 2. The maximum atomic E-state index is 13.8. The van der Waals surface area contributed by atoms with E-state index in [9.17, 15) is 9.59 Å². The minimum absolute atomic E-state index is 0.0701. The van der Waals surface area contributed by atoms with E-state index >= 15 is 0 Å². The van der Waals surface area contributed by atoms with Crippen LogP contribution in [0.15, 0.2) is 63.5 Å². The Bertz CT molecular complexity index is 1540. The molecule has 0 radical (unpaired) electrons. The molecule has 194 valence electrons. The Balaban J connectivity index is 1.95. The van der Waals surface area contributed by atoms with Gasteiger partial charge in [-0.15, -0.1) is 0 Å². The fourth-order valence-corrected chi connectivity index (χ4v) is 5.41. The minimum Gasteiger partial charge on any atom is -0.491 e. The second-order valence-corrected chi connectivity index (χ2v) is 10.4. The molecule has 37 heavy (non-hydrogen) atoms. The van der Waals surface area contributed by atoms with Gasteiger partial charge in [-0.1, -0.05) is 64.9 Å². The zero-order chi connectivity index (χ0) is 26.7. The molecule has 3 aromatic rings. The van der Waals surface area contributed by atoms with Gasteiger partial charge >= 0.3 is 5.97 Å². The smallest absolute Gasteiger partial charge is 0.338 e. The molecule has 0 N–H and O–H groups in total. The predicted molar refractivity (Wildman–Crippen MR) is 145 cm³/mol. The molecule has 0 spiro atoms. The van der Waals surface area contributed by atoms with Crippen molar-refractivity contribution in [2.75, 3.05) is 20.3 Å². The molecule has 2 heterocycles. The molecule has 1 aromatic heterocycles. The molecule has 0 fully saturated rings. The monoisotopic (exact) mass is 560 g/mol. The number of ether oxygens (including phenoxy) is 3. The van der Waals surface area contributed by atoms with Gasteiger partial charge in [0.25, 0.3) is 5.56 Å². The van der Waals surface area contributed by atoms with Gasteiger partial charge in [0.1, 0.15) is 18.4 Å². The molecule has 4 rings (SSSR count). The molecule has 0 aliphatic carbocycles. The van der Waals surface area contributed by atoms with Crippen LogP contribution in [0.4, 0.5) is 0 Å². The number of esters is 1. The zero-order valence-electron chi connectivity index (χ0n) is 20.8. The van der Waals surface area contributed by atoms with Crippen molar-refractivity contribution in [3.63, 3.8) is 0 Å². The van der Waals surface area contributed by atoms with E-state index < -0.39 is 12.0 Å². The van der Waals surface area contributed by atoms with Crippen LogP contribution in [-0.4, -0.2) is 37.0 Å². The average molecular weight is 561 g/mol. The standard InChI is InChI=1S/C27H26Cl2N2O5S/c1-15(2)36-20-11-6-5-9-18(20)24-22(26(33)35-13-12-34-4)16(3)30-27-31(24)25(32)21(37-27)14-17-8-7-10-19(28)23(17)29/h5-11,14-15,24H,12-13H2,1-4H3/b21-14+/t24-/m1/s1. The summed E-state index contributed by atoms with van der Waals surface area (Å²) in [7, 11) is 1.53. The second-order valence-electron chi connectivity index (χ2n) is 8.56. The number of hydrogen-bond acceptors (Lipinski definition) is 7. The summed E-state index contributed by atoms with van der Waals surface area (Å²) in [5, 5.41) is 0.735. The number of rotatable bonds is 8. The van der Waals surface area contributed by atoms with Gasteiger partial charge in [0.05, 0.1) is 38.6 Å². The van der Waals surface area contributed by atoms with Gasteiger partial charge in [0, 0.05) is 12.7 Å². The van der Waals surface area contributed by atoms with Crippen molar-refractivity contribution in [1.82, 2.24) is 4.57 Å². The van der Waals surface area contributed by atoms with Crippen molar-refractivity contribution < 1.29 is 19.0 Å². The highest BCUT2D eigenvalue weighted by atomic mass is 35.5. The summed E-state index contributed by atoms with van der Waals surface area (Å²) in [6.45, 7) is 5.88. The Kier molecular flexibility index (Phi) is 8.54. The van der Waals surface area contributed by atoms with E-state index in [1.807, 2.05) is 38.1 Å². The highest BCUT2D eigenvalue weighted by Gasteiger charge is 2.35. The third kappa shape index (κ3) is 5.67. The number of para-hydroxylation sites is 1. The van der Waals surface area contributed by atoms with E-state index in [2.05, 4.69) is 4.99 Å². The lowest BCUT2D eigenvalue weighted by molar-refractivity contribution is -0.140. The van der Waals surface area contributed by atoms with E-state index in [0.29, 0.717) is 42.0 Å². The number of halogens is 2. The fraction of sp³-hybridized carbons (Fsp3) is 0.296. The number of thiazole rings is 1. The van der Waals surface area contributed by atoms with Crippen LogP contribution in [0.1, 0.15) is 37.9 Å². The van der Waals surface area contributed by atoms with Crippen LogP contribution in [-0.2, 0) is 14.3 Å². The van der Waals surface area contributed by atoms with Gasteiger partial charge < -0.3 is 14.2 Å². The highest BCUT2D eigenvalue weighted by molar-refractivity contribution is 7.07. The molecule has 0 bridgehead atoms. The number of hydrogen-bond donors (Lipinski definition) is 0. The first-order chi connectivity index (χ1) is 17.7. The van der Waals surface area contributed by atoms with Crippen LogP contribution in [0.3, 0.4) is 0 Å². The maximum absolute atomic E-state index is 13.8. The second kappa shape index (κ2) is 11.6. The molecule has 1 aliphatic heterocycles. The molecule has 0 amide bonds. The molecule has 1 atom stereocenters. The van der Waals surface area contributed by atoms with E-state index in [-0.39, 0.29) is 30.5 Å². The van der Waals surface area contributed by atoms with Crippen LogP contribution < -0.4 is 19.6 Å². The number of fused-ring (bicyclic) bond motifs is 1. The van der Waals surface area contributed by atoms with Crippen molar-refractivity contribution in [3.8, 4) is 5.75 Å². The normalized spacial score (nSPS) is 15.5. The van der Waals surface area contributed by atoms with E-state index in [1.54, 1.807) is 31.2 Å². The summed E-state index contributed by atoms with van der Waals surface area (Å²) >= 11 is 13.8. The minimum atomic E-state index is -0.807. The largest absolute Gasteiger partial charge is 0.491 e. The zero-order valence-corrected chi connectivity index (χ0v) is 23.1. The van der Waals surface area contributed by atoms with Gasteiger partial charge in [-0.2, -0.15) is 0 Å². The number of aromatic nitrogens is 1. The van der Waals surface area contributed by atoms with Gasteiger partial charge in [-0.25, -0.2) is 9.79 Å². The van der Waals surface area contributed by atoms with Crippen molar-refractivity contribution >= 4 is 46.6 Å². The quantitative estimate of drug-likeness (QED) is 0.299. The van der Waals surface area contributed by atoms with Crippen molar-refractivity contribution in [1.29, 1.82) is 0 Å². The number of carbonyl (C=O) groups excluding carboxylic acids is 1. The van der Waals surface area contributed by atoms with Gasteiger partial charge in [0.2, 0.25) is 0 Å². The molecular weight excluding hydrogens is 535 g/mol. The number of nitrogens with zero attached hydrogens (tertiary/aromatic N) is 2. The Hall–Kier alpha value is -2.91. The first-order valence-corrected chi connectivity index (χ1v) is 13.2. The fourth-order valence-electron chi connectivity index (χ4n) is 4.01. The summed E-state index contributed by atoms with van der Waals surface area (Å²) in [5.41, 5.74) is 1.65. The topological polar surface area (TPSA) is 79.1 Å². The van der Waals surface area contributed by atoms with Crippen LogP contribution in [0.2, 0.25) is 10.0 Å². The lowest BCUT2D eigenvalue weighted by Gasteiger charge is -2.27. The van der Waals surface area contributed by atoms with Gasteiger partial charge in [-0.05, 0) is 44.5 Å². The summed E-state index contributed by atoms with van der Waals surface area (Å²) in [6, 6.07) is 11.8. The van der Waals surface area contributed by atoms with Gasteiger partial charge in [-0.3, -0.25) is 9.36 Å². The Morgan fingerprint density at radius 2 is 1.92 bits per heavy atom. The predicted octanol–water partition coefficient (Wildman–Crippen LogP) is 4.52. The summed E-state index contributed by atoms with van der Waals surface area (Å²) in [4.78, 5) is 32.2. The number of methoxy groups -OCH3 is 1. The van der Waals surface area contributed by atoms with Gasteiger partial charge in [0.15, 0.2) is 4.80 Å². The van der Waals surface area contributed by atoms with Crippen LogP contribution in [0.5, 0.6) is 5.75 Å². The highest BCUT2D eigenvalue weighted by Crippen LogP contribution is 2.36. The first kappa shape index (κ1) is 27.1. The van der Waals surface area contributed by atoms with Crippen LogP contribution in [0, 0.1) is 0 Å². The summed E-state index contributed by atoms with van der Waals surface area (Å²) in [5.74, 6) is -0.0123. The Labute approximate surface area is 228 Å². The Morgan fingerprint density at radius 1 is 1.16 bits per heavy atom. The molecule has 0 saturated heterocycles. The summed E-state index contributed by atoms with van der Waals surface area (Å²) < 4.78 is 18.5. The van der Waals surface area contributed by atoms with Crippen molar-refractivity contribution in [2.45, 2.75) is 32.9 Å². The average Bonchev–Trinajstić information content (AvgIpc) is 3.15. The third-order valence-corrected chi connectivity index (χ3v) is 7.42. The van der Waals surface area contributed by atoms with E-state index in [4.69, 9.17) is 37.4 Å². The van der Waals surface area contributed by atoms with Crippen LogP contribution in [0.25, 0.3) is 6.08 Å². The molecular formula is C27H26Cl2N2O5S. The van der Waals surface area contributed by atoms with E-state index in [1.165, 1.54) is 23.0 Å². The molecule has 0 saturated carbocycles. The molecule has 1 aliphatic rings. The molecule has 2 aromatic carbocycles.